The summed E-state index contributed by atoms with van der Waals surface area (Å²) in [4.78, 5) is 0. The molecule has 0 aliphatic carbocycles. The Morgan fingerprint density at radius 3 is 2.81 bits per heavy atom. The fraction of sp³-hybridized carbons (Fsp3) is 0.667. The molecule has 1 heterocycles. The zero-order valence-electron chi connectivity index (χ0n) is 9.04. The van der Waals surface area contributed by atoms with Crippen molar-refractivity contribution in [1.29, 1.82) is 0 Å². The van der Waals surface area contributed by atoms with Gasteiger partial charge in [-0.2, -0.15) is 5.10 Å². The molecule has 1 rings (SSSR count). The van der Waals surface area contributed by atoms with E-state index in [0.717, 1.165) is 0 Å². The van der Waals surface area contributed by atoms with E-state index in [0.29, 0.717) is 19.5 Å². The summed E-state index contributed by atoms with van der Waals surface area (Å²) in [6.45, 7) is 0.983. The maximum atomic E-state index is 11.3. The molecule has 0 fully saturated rings. The molecule has 7 heteroatoms. The number of sulfonamides is 1. The summed E-state index contributed by atoms with van der Waals surface area (Å²) in [5.41, 5.74) is 0. The Morgan fingerprint density at radius 1 is 1.38 bits per heavy atom. The fourth-order valence-corrected chi connectivity index (χ4v) is 2.34. The lowest BCUT2D eigenvalue weighted by Crippen LogP contribution is -2.28. The molecular formula is C9H17N3O3S. The van der Waals surface area contributed by atoms with Crippen LogP contribution in [0.25, 0.3) is 0 Å². The second-order valence-corrected chi connectivity index (χ2v) is 5.34. The lowest BCUT2D eigenvalue weighted by molar-refractivity contribution is 0.295. The summed E-state index contributed by atoms with van der Waals surface area (Å²) in [6, 6.07) is 1.82. The molecule has 0 atom stereocenters. The van der Waals surface area contributed by atoms with Gasteiger partial charge in [-0.1, -0.05) is 0 Å². The van der Waals surface area contributed by atoms with Crippen molar-refractivity contribution in [1.82, 2.24) is 14.5 Å². The first kappa shape index (κ1) is 13.1. The first-order valence-electron chi connectivity index (χ1n) is 5.20. The third-order valence-corrected chi connectivity index (χ3v) is 3.49. The molecule has 16 heavy (non-hydrogen) atoms. The molecule has 1 aromatic heterocycles. The van der Waals surface area contributed by atoms with Gasteiger partial charge in [0.15, 0.2) is 0 Å². The van der Waals surface area contributed by atoms with Crippen molar-refractivity contribution in [2.45, 2.75) is 19.4 Å². The van der Waals surface area contributed by atoms with Gasteiger partial charge in [-0.15, -0.1) is 0 Å². The molecule has 0 bridgehead atoms. The van der Waals surface area contributed by atoms with Gasteiger partial charge in [0, 0.05) is 32.1 Å². The molecule has 1 aromatic rings. The second kappa shape index (κ2) is 6.62. The van der Waals surface area contributed by atoms with Crippen LogP contribution in [0.5, 0.6) is 0 Å². The third kappa shape index (κ3) is 5.24. The highest BCUT2D eigenvalue weighted by atomic mass is 32.2. The standard InChI is InChI=1S/C9H17N3O3S/c13-8-3-9-16(14,15)11-5-2-7-12-6-1-4-10-12/h1,4,6,11,13H,2-3,5,7-9H2. The van der Waals surface area contributed by atoms with Crippen LogP contribution in [0.1, 0.15) is 12.8 Å². The largest absolute Gasteiger partial charge is 0.396 e. The Hall–Kier alpha value is -0.920. The van der Waals surface area contributed by atoms with Crippen molar-refractivity contribution in [2.75, 3.05) is 18.9 Å². The molecule has 0 aliphatic rings. The number of aryl methyl sites for hydroxylation is 1. The van der Waals surface area contributed by atoms with Gasteiger partial charge in [0.05, 0.1) is 5.75 Å². The topological polar surface area (TPSA) is 84.2 Å². The van der Waals surface area contributed by atoms with Crippen LogP contribution in [-0.4, -0.2) is 42.2 Å². The van der Waals surface area contributed by atoms with E-state index in [-0.39, 0.29) is 18.8 Å². The van der Waals surface area contributed by atoms with E-state index in [1.54, 1.807) is 10.9 Å². The minimum atomic E-state index is -3.22. The average molecular weight is 247 g/mol. The quantitative estimate of drug-likeness (QED) is 0.611. The SMILES string of the molecule is O=S(=O)(CCCO)NCCCn1cccn1. The number of nitrogens with zero attached hydrogens (tertiary/aromatic N) is 2. The first-order valence-corrected chi connectivity index (χ1v) is 6.85. The van der Waals surface area contributed by atoms with E-state index in [9.17, 15) is 8.42 Å². The number of nitrogens with one attached hydrogen (secondary N) is 1. The first-order chi connectivity index (χ1) is 7.64. The van der Waals surface area contributed by atoms with Gasteiger partial charge in [0.25, 0.3) is 0 Å². The van der Waals surface area contributed by atoms with Crippen LogP contribution < -0.4 is 4.72 Å². The van der Waals surface area contributed by atoms with Crippen molar-refractivity contribution in [3.63, 3.8) is 0 Å². The molecule has 2 N–H and O–H groups in total. The highest BCUT2D eigenvalue weighted by Gasteiger charge is 2.07. The zero-order chi connectivity index (χ0) is 11.9. The molecule has 6 nitrogen and oxygen atoms in total. The normalized spacial score (nSPS) is 11.8. The maximum Gasteiger partial charge on any atom is 0.211 e. The fourth-order valence-electron chi connectivity index (χ4n) is 1.23. The maximum absolute atomic E-state index is 11.3. The smallest absolute Gasteiger partial charge is 0.211 e. The van der Waals surface area contributed by atoms with Crippen molar-refractivity contribution < 1.29 is 13.5 Å². The number of hydrogen-bond acceptors (Lipinski definition) is 4. The van der Waals surface area contributed by atoms with Gasteiger partial charge in [-0.05, 0) is 18.9 Å². The molecule has 0 saturated carbocycles. The number of hydrogen-bond donors (Lipinski definition) is 2. The summed E-state index contributed by atoms with van der Waals surface area (Å²) >= 11 is 0. The van der Waals surface area contributed by atoms with Crippen LogP contribution >= 0.6 is 0 Å². The van der Waals surface area contributed by atoms with Gasteiger partial charge in [0.1, 0.15) is 0 Å². The van der Waals surface area contributed by atoms with Crippen molar-refractivity contribution in [3.05, 3.63) is 18.5 Å². The Morgan fingerprint density at radius 2 is 2.19 bits per heavy atom. The predicted octanol–water partition coefficient (Wildman–Crippen LogP) is -0.425. The molecule has 0 aromatic carbocycles. The highest BCUT2D eigenvalue weighted by Crippen LogP contribution is 1.92. The van der Waals surface area contributed by atoms with Crippen LogP contribution in [0.3, 0.4) is 0 Å². The Bertz CT molecular complexity index is 375. The van der Waals surface area contributed by atoms with Gasteiger partial charge >= 0.3 is 0 Å². The van der Waals surface area contributed by atoms with E-state index in [1.807, 2.05) is 12.3 Å². The molecule has 0 aliphatic heterocycles. The van der Waals surface area contributed by atoms with Gasteiger partial charge in [0.2, 0.25) is 10.0 Å². The van der Waals surface area contributed by atoms with Crippen molar-refractivity contribution in [3.8, 4) is 0 Å². The molecule has 0 radical (unpaired) electrons. The van der Waals surface area contributed by atoms with Crippen LogP contribution in [-0.2, 0) is 16.6 Å². The summed E-state index contributed by atoms with van der Waals surface area (Å²) in [5, 5.41) is 12.5. The summed E-state index contributed by atoms with van der Waals surface area (Å²) in [7, 11) is -3.22. The monoisotopic (exact) mass is 247 g/mol. The summed E-state index contributed by atoms with van der Waals surface area (Å²) in [6.07, 6.45) is 4.49. The molecule has 92 valence electrons. The molecule has 0 unspecified atom stereocenters. The molecule has 0 amide bonds. The Labute approximate surface area is 95.3 Å². The van der Waals surface area contributed by atoms with E-state index in [1.165, 1.54) is 0 Å². The number of rotatable bonds is 8. The third-order valence-electron chi connectivity index (χ3n) is 2.02. The molecule has 0 saturated heterocycles. The number of aliphatic hydroxyl groups excluding tert-OH is 1. The van der Waals surface area contributed by atoms with Crippen molar-refractivity contribution in [2.24, 2.45) is 0 Å². The average Bonchev–Trinajstić information content (AvgIpc) is 2.75. The Kier molecular flexibility index (Phi) is 5.44. The van der Waals surface area contributed by atoms with Crippen LogP contribution in [0.15, 0.2) is 18.5 Å². The van der Waals surface area contributed by atoms with Crippen molar-refractivity contribution >= 4 is 10.0 Å². The minimum Gasteiger partial charge on any atom is -0.396 e. The Balaban J connectivity index is 2.15. The summed E-state index contributed by atoms with van der Waals surface area (Å²) in [5.74, 6) is -0.0225. The van der Waals surface area contributed by atoms with E-state index in [4.69, 9.17) is 5.11 Å². The van der Waals surface area contributed by atoms with Gasteiger partial charge in [-0.3, -0.25) is 4.68 Å². The molecular weight excluding hydrogens is 230 g/mol. The number of aromatic nitrogens is 2. The summed E-state index contributed by atoms with van der Waals surface area (Å²) < 4.78 is 26.8. The minimum absolute atomic E-state index is 0.0225. The number of aliphatic hydroxyl groups is 1. The predicted molar refractivity (Wildman–Crippen MR) is 60.3 cm³/mol. The van der Waals surface area contributed by atoms with Crippen LogP contribution in [0, 0.1) is 0 Å². The zero-order valence-corrected chi connectivity index (χ0v) is 9.86. The van der Waals surface area contributed by atoms with Gasteiger partial charge < -0.3 is 5.11 Å². The van der Waals surface area contributed by atoms with Crippen LogP contribution in [0.2, 0.25) is 0 Å². The lowest BCUT2D eigenvalue weighted by atomic mass is 10.4. The van der Waals surface area contributed by atoms with E-state index >= 15 is 0 Å². The second-order valence-electron chi connectivity index (χ2n) is 3.41. The van der Waals surface area contributed by atoms with E-state index < -0.39 is 10.0 Å². The van der Waals surface area contributed by atoms with Crippen LogP contribution in [0.4, 0.5) is 0 Å². The van der Waals surface area contributed by atoms with E-state index in [2.05, 4.69) is 9.82 Å². The van der Waals surface area contributed by atoms with Gasteiger partial charge in [-0.25, -0.2) is 13.1 Å². The molecule has 0 spiro atoms. The lowest BCUT2D eigenvalue weighted by Gasteiger charge is -2.05. The highest BCUT2D eigenvalue weighted by molar-refractivity contribution is 7.89.